The molecule has 0 fully saturated rings. The summed E-state index contributed by atoms with van der Waals surface area (Å²) in [4.78, 5) is 15.7. The van der Waals surface area contributed by atoms with Gasteiger partial charge in [-0.2, -0.15) is 0 Å². The first-order valence-corrected chi connectivity index (χ1v) is 10.3. The van der Waals surface area contributed by atoms with E-state index in [0.717, 1.165) is 18.3 Å². The van der Waals surface area contributed by atoms with Crippen LogP contribution in [0.1, 0.15) is 23.1 Å². The molecular weight excluding hydrogens is 260 g/mol. The van der Waals surface area contributed by atoms with Crippen molar-refractivity contribution in [2.45, 2.75) is 46.3 Å². The van der Waals surface area contributed by atoms with Crippen molar-refractivity contribution in [3.8, 4) is 0 Å². The van der Waals surface area contributed by atoms with Crippen LogP contribution in [-0.4, -0.2) is 36.8 Å². The Hall–Kier alpha value is -1.14. The second-order valence-corrected chi connectivity index (χ2v) is 11.3. The van der Waals surface area contributed by atoms with Gasteiger partial charge in [0.2, 0.25) is 0 Å². The monoisotopic (exact) mass is 284 g/mol. The van der Waals surface area contributed by atoms with E-state index in [1.165, 1.54) is 0 Å². The van der Waals surface area contributed by atoms with Crippen molar-refractivity contribution in [3.05, 3.63) is 17.7 Å². The fourth-order valence-electron chi connectivity index (χ4n) is 1.51. The van der Waals surface area contributed by atoms with E-state index in [-0.39, 0.29) is 5.97 Å². The Morgan fingerprint density at radius 2 is 2.11 bits per heavy atom. The molecular formula is C13H24N2O3Si. The second kappa shape index (κ2) is 6.86. The first kappa shape index (κ1) is 15.9. The molecule has 0 aromatic carbocycles. The largest absolute Gasteiger partial charge is 0.461 e. The molecule has 0 radical (unpaired) electrons. The fraction of sp³-hybridized carbons (Fsp3) is 0.692. The van der Waals surface area contributed by atoms with Gasteiger partial charge in [0.25, 0.3) is 0 Å². The summed E-state index contributed by atoms with van der Waals surface area (Å²) in [5.41, 5.74) is 1.15. The maximum atomic E-state index is 11.6. The molecule has 1 aromatic rings. The summed E-state index contributed by atoms with van der Waals surface area (Å²) in [7, 11) is -1.06. The van der Waals surface area contributed by atoms with Gasteiger partial charge in [0.1, 0.15) is 6.73 Å². The van der Waals surface area contributed by atoms with E-state index < -0.39 is 8.07 Å². The van der Waals surface area contributed by atoms with E-state index in [9.17, 15) is 4.79 Å². The lowest BCUT2D eigenvalue weighted by atomic mass is 10.3. The molecule has 0 atom stereocenters. The van der Waals surface area contributed by atoms with Gasteiger partial charge in [-0.05, 0) is 19.9 Å². The van der Waals surface area contributed by atoms with Crippen LogP contribution in [0.5, 0.6) is 0 Å². The van der Waals surface area contributed by atoms with Crippen LogP contribution in [0.2, 0.25) is 25.7 Å². The van der Waals surface area contributed by atoms with Crippen LogP contribution in [0.4, 0.5) is 0 Å². The number of carbonyl (C=O) groups is 1. The van der Waals surface area contributed by atoms with Gasteiger partial charge < -0.3 is 14.0 Å². The van der Waals surface area contributed by atoms with Crippen LogP contribution in [0, 0.1) is 6.92 Å². The number of imidazole rings is 1. The Labute approximate surface area is 115 Å². The van der Waals surface area contributed by atoms with Crippen molar-refractivity contribution in [1.82, 2.24) is 9.55 Å². The lowest BCUT2D eigenvalue weighted by molar-refractivity contribution is 0.0517. The maximum Gasteiger partial charge on any atom is 0.358 e. The molecule has 5 nitrogen and oxygen atoms in total. The number of ether oxygens (including phenoxy) is 2. The highest BCUT2D eigenvalue weighted by molar-refractivity contribution is 6.76. The predicted octanol–water partition coefficient (Wildman–Crippen LogP) is 2.68. The Morgan fingerprint density at radius 1 is 1.42 bits per heavy atom. The van der Waals surface area contributed by atoms with Crippen LogP contribution in [-0.2, 0) is 16.2 Å². The molecule has 1 rings (SSSR count). The third-order valence-electron chi connectivity index (χ3n) is 2.80. The molecule has 6 heteroatoms. The highest BCUT2D eigenvalue weighted by Gasteiger charge is 2.16. The third kappa shape index (κ3) is 5.16. The van der Waals surface area contributed by atoms with Gasteiger partial charge in [-0.25, -0.2) is 9.78 Å². The van der Waals surface area contributed by atoms with Crippen LogP contribution >= 0.6 is 0 Å². The summed E-state index contributed by atoms with van der Waals surface area (Å²) >= 11 is 0. The molecule has 0 spiro atoms. The molecule has 0 saturated heterocycles. The van der Waals surface area contributed by atoms with Crippen molar-refractivity contribution in [2.24, 2.45) is 0 Å². The molecule has 108 valence electrons. The summed E-state index contributed by atoms with van der Waals surface area (Å²) in [5, 5.41) is 0. The molecule has 0 amide bonds. The molecule has 1 aromatic heterocycles. The van der Waals surface area contributed by atoms with E-state index in [2.05, 4.69) is 24.6 Å². The molecule has 19 heavy (non-hydrogen) atoms. The molecule has 0 unspecified atom stereocenters. The molecule has 0 aliphatic rings. The lowest BCUT2D eigenvalue weighted by Gasteiger charge is -2.15. The van der Waals surface area contributed by atoms with Gasteiger partial charge in [-0.1, -0.05) is 19.6 Å². The molecule has 1 heterocycles. The van der Waals surface area contributed by atoms with Crippen molar-refractivity contribution in [1.29, 1.82) is 0 Å². The average Bonchev–Trinajstić information content (AvgIpc) is 2.65. The van der Waals surface area contributed by atoms with Crippen molar-refractivity contribution < 1.29 is 14.3 Å². The van der Waals surface area contributed by atoms with Crippen molar-refractivity contribution in [2.75, 3.05) is 13.2 Å². The van der Waals surface area contributed by atoms with E-state index in [4.69, 9.17) is 9.47 Å². The van der Waals surface area contributed by atoms with Gasteiger partial charge in [0.05, 0.1) is 18.6 Å². The van der Waals surface area contributed by atoms with Crippen LogP contribution in [0.15, 0.2) is 6.33 Å². The Balaban J connectivity index is 2.50. The van der Waals surface area contributed by atoms with Gasteiger partial charge >= 0.3 is 5.97 Å². The van der Waals surface area contributed by atoms with Crippen molar-refractivity contribution in [3.63, 3.8) is 0 Å². The fourth-order valence-corrected chi connectivity index (χ4v) is 2.27. The smallest absolute Gasteiger partial charge is 0.358 e. The van der Waals surface area contributed by atoms with E-state index in [1.807, 2.05) is 11.5 Å². The number of hydrogen-bond donors (Lipinski definition) is 0. The van der Waals surface area contributed by atoms with E-state index in [0.29, 0.717) is 19.0 Å². The summed E-state index contributed by atoms with van der Waals surface area (Å²) in [6.07, 6.45) is 1.62. The van der Waals surface area contributed by atoms with Crippen LogP contribution < -0.4 is 0 Å². The molecule has 0 saturated carbocycles. The minimum absolute atomic E-state index is 0.359. The number of nitrogens with zero attached hydrogens (tertiary/aromatic N) is 2. The lowest BCUT2D eigenvalue weighted by Crippen LogP contribution is -2.22. The highest BCUT2D eigenvalue weighted by atomic mass is 28.3. The highest BCUT2D eigenvalue weighted by Crippen LogP contribution is 2.10. The molecule has 0 N–H and O–H groups in total. The average molecular weight is 284 g/mol. The van der Waals surface area contributed by atoms with Gasteiger partial charge in [-0.15, -0.1) is 0 Å². The Morgan fingerprint density at radius 3 is 2.68 bits per heavy atom. The predicted molar refractivity (Wildman–Crippen MR) is 77.0 cm³/mol. The number of carbonyl (C=O) groups excluding carboxylic acids is 1. The summed E-state index contributed by atoms with van der Waals surface area (Å²) in [5.74, 6) is -0.374. The molecule has 0 aliphatic carbocycles. The SMILES string of the molecule is CCOC(=O)c1ncn(COCC[Si](C)(C)C)c1C. The van der Waals surface area contributed by atoms with Crippen molar-refractivity contribution >= 4 is 14.0 Å². The topological polar surface area (TPSA) is 53.3 Å². The third-order valence-corrected chi connectivity index (χ3v) is 4.50. The minimum Gasteiger partial charge on any atom is -0.461 e. The normalized spacial score (nSPS) is 11.6. The minimum atomic E-state index is -1.06. The zero-order valence-electron chi connectivity index (χ0n) is 12.5. The standard InChI is InChI=1S/C13H24N2O3Si/c1-6-18-13(16)12-11(2)15(9-14-12)10-17-7-8-19(3,4)5/h9H,6-8,10H2,1-5H3. The zero-order valence-corrected chi connectivity index (χ0v) is 13.5. The van der Waals surface area contributed by atoms with Gasteiger partial charge in [0.15, 0.2) is 5.69 Å². The summed E-state index contributed by atoms with van der Waals surface area (Å²) in [6.45, 7) is 12.1. The first-order valence-electron chi connectivity index (χ1n) is 6.61. The number of aromatic nitrogens is 2. The van der Waals surface area contributed by atoms with Crippen LogP contribution in [0.3, 0.4) is 0 Å². The van der Waals surface area contributed by atoms with Gasteiger partial charge in [0, 0.05) is 14.7 Å². The first-order chi connectivity index (χ1) is 8.85. The van der Waals surface area contributed by atoms with Gasteiger partial charge in [-0.3, -0.25) is 0 Å². The molecule has 0 bridgehead atoms. The number of rotatable bonds is 7. The van der Waals surface area contributed by atoms with Crippen LogP contribution in [0.25, 0.3) is 0 Å². The van der Waals surface area contributed by atoms with E-state index >= 15 is 0 Å². The summed E-state index contributed by atoms with van der Waals surface area (Å²) in [6, 6.07) is 1.13. The zero-order chi connectivity index (χ0) is 14.5. The Bertz CT molecular complexity index is 424. The quantitative estimate of drug-likeness (QED) is 0.439. The number of esters is 1. The maximum absolute atomic E-state index is 11.6. The summed E-state index contributed by atoms with van der Waals surface area (Å²) < 4.78 is 12.4. The number of hydrogen-bond acceptors (Lipinski definition) is 4. The molecule has 0 aliphatic heterocycles. The van der Waals surface area contributed by atoms with E-state index in [1.54, 1.807) is 13.3 Å². The second-order valence-electron chi connectivity index (χ2n) is 5.72. The Kier molecular flexibility index (Phi) is 5.75.